The van der Waals surface area contributed by atoms with Crippen LogP contribution in [0.4, 0.5) is 0 Å². The summed E-state index contributed by atoms with van der Waals surface area (Å²) in [6.45, 7) is 5.06. The Balaban J connectivity index is 2.83. The summed E-state index contributed by atoms with van der Waals surface area (Å²) >= 11 is 0. The van der Waals surface area contributed by atoms with Crippen LogP contribution in [0, 0.1) is 5.92 Å². The van der Waals surface area contributed by atoms with Gasteiger partial charge in [-0.15, -0.1) is 0 Å². The number of hydrogen-bond donors (Lipinski definition) is 1. The number of carbonyl (C=O) groups is 1. The number of carboxylic acid groups (broad SMARTS) is 1. The molecular weight excluding hydrogens is 214 g/mol. The molecule has 1 aromatic rings. The number of likely N-dealkylation sites (N-methyl/N-ethyl adjacent to an activating group) is 1. The number of hydrogen-bond acceptors (Lipinski definition) is 2. The van der Waals surface area contributed by atoms with Crippen LogP contribution in [0.15, 0.2) is 30.3 Å². The average Bonchev–Trinajstić information content (AvgIpc) is 2.29. The lowest BCUT2D eigenvalue weighted by molar-refractivity contribution is -0.143. The topological polar surface area (TPSA) is 40.5 Å². The molecule has 0 aliphatic rings. The van der Waals surface area contributed by atoms with Crippen molar-refractivity contribution in [1.29, 1.82) is 0 Å². The first kappa shape index (κ1) is 13.7. The molecule has 3 nitrogen and oxygen atoms in total. The summed E-state index contributed by atoms with van der Waals surface area (Å²) in [5.74, 6) is -0.285. The summed E-state index contributed by atoms with van der Waals surface area (Å²) in [6, 6.07) is 8.84. The second kappa shape index (κ2) is 6.40. The van der Waals surface area contributed by atoms with Crippen molar-refractivity contribution < 1.29 is 9.90 Å². The second-order valence-corrected chi connectivity index (χ2v) is 4.60. The Morgan fingerprint density at radius 2 is 1.94 bits per heavy atom. The molecule has 1 rings (SSSR count). The van der Waals surface area contributed by atoms with Crippen LogP contribution in [0.3, 0.4) is 0 Å². The zero-order chi connectivity index (χ0) is 12.8. The maximum atomic E-state index is 11.4. The maximum absolute atomic E-state index is 11.4. The molecule has 0 radical (unpaired) electrons. The largest absolute Gasteiger partial charge is 0.480 e. The highest BCUT2D eigenvalue weighted by Gasteiger charge is 2.24. The van der Waals surface area contributed by atoms with Gasteiger partial charge in [-0.1, -0.05) is 50.6 Å². The molecule has 0 amide bonds. The molecule has 0 aliphatic carbocycles. The lowest BCUT2D eigenvalue weighted by atomic mass is 10.0. The van der Waals surface area contributed by atoms with E-state index in [4.69, 9.17) is 0 Å². The van der Waals surface area contributed by atoms with Crippen LogP contribution in [-0.2, 0) is 4.79 Å². The number of benzene rings is 1. The van der Waals surface area contributed by atoms with E-state index >= 15 is 0 Å². The first-order valence-electron chi connectivity index (χ1n) is 6.04. The number of aliphatic carboxylic acids is 1. The predicted octanol–water partition coefficient (Wildman–Crippen LogP) is 2.79. The fourth-order valence-electron chi connectivity index (χ4n) is 1.95. The Bertz CT molecular complexity index is 350. The van der Waals surface area contributed by atoms with E-state index in [0.29, 0.717) is 5.92 Å². The van der Waals surface area contributed by atoms with Crippen LogP contribution in [-0.4, -0.2) is 29.6 Å². The minimum atomic E-state index is -0.790. The quantitative estimate of drug-likeness (QED) is 0.824. The van der Waals surface area contributed by atoms with Crippen molar-refractivity contribution in [2.24, 2.45) is 5.92 Å². The molecule has 0 bridgehead atoms. The summed E-state index contributed by atoms with van der Waals surface area (Å²) in [6.07, 6.45) is 1.06. The normalized spacial score (nSPS) is 14.6. The predicted molar refractivity (Wildman–Crippen MR) is 68.9 cm³/mol. The highest BCUT2D eigenvalue weighted by Crippen LogP contribution is 2.21. The lowest BCUT2D eigenvalue weighted by Crippen LogP contribution is -2.33. The molecule has 0 fully saturated rings. The standard InChI is InChI=1S/C14H21NO2/c1-4-11(2)10-15(3)13(14(16)17)12-8-6-5-7-9-12/h5-9,11,13H,4,10H2,1-3H3,(H,16,17). The molecule has 0 aliphatic heterocycles. The zero-order valence-electron chi connectivity index (χ0n) is 10.8. The second-order valence-electron chi connectivity index (χ2n) is 4.60. The van der Waals surface area contributed by atoms with Crippen LogP contribution >= 0.6 is 0 Å². The van der Waals surface area contributed by atoms with Gasteiger partial charge in [-0.05, 0) is 18.5 Å². The van der Waals surface area contributed by atoms with Gasteiger partial charge < -0.3 is 5.11 Å². The minimum absolute atomic E-state index is 0.505. The highest BCUT2D eigenvalue weighted by molar-refractivity contribution is 5.75. The Morgan fingerprint density at radius 1 is 1.35 bits per heavy atom. The third kappa shape index (κ3) is 3.86. The van der Waals surface area contributed by atoms with E-state index in [-0.39, 0.29) is 0 Å². The van der Waals surface area contributed by atoms with Crippen molar-refractivity contribution in [2.45, 2.75) is 26.3 Å². The van der Waals surface area contributed by atoms with Gasteiger partial charge in [0.1, 0.15) is 6.04 Å². The molecule has 0 saturated carbocycles. The lowest BCUT2D eigenvalue weighted by Gasteiger charge is -2.27. The van der Waals surface area contributed by atoms with Crippen LogP contribution in [0.25, 0.3) is 0 Å². The first-order chi connectivity index (χ1) is 8.06. The van der Waals surface area contributed by atoms with E-state index in [0.717, 1.165) is 18.5 Å². The van der Waals surface area contributed by atoms with Crippen molar-refractivity contribution in [1.82, 2.24) is 4.90 Å². The molecule has 0 heterocycles. The van der Waals surface area contributed by atoms with Gasteiger partial charge in [0, 0.05) is 6.54 Å². The van der Waals surface area contributed by atoms with Crippen LogP contribution in [0.1, 0.15) is 31.9 Å². The van der Waals surface area contributed by atoms with Gasteiger partial charge in [0.2, 0.25) is 0 Å². The summed E-state index contributed by atoms with van der Waals surface area (Å²) in [7, 11) is 1.87. The van der Waals surface area contributed by atoms with Crippen molar-refractivity contribution in [2.75, 3.05) is 13.6 Å². The van der Waals surface area contributed by atoms with Crippen molar-refractivity contribution in [3.8, 4) is 0 Å². The number of nitrogens with zero attached hydrogens (tertiary/aromatic N) is 1. The fraction of sp³-hybridized carbons (Fsp3) is 0.500. The van der Waals surface area contributed by atoms with E-state index in [9.17, 15) is 9.90 Å². The van der Waals surface area contributed by atoms with Gasteiger partial charge in [-0.3, -0.25) is 9.69 Å². The molecule has 1 N–H and O–H groups in total. The molecular formula is C14H21NO2. The average molecular weight is 235 g/mol. The Kier molecular flexibility index (Phi) is 5.16. The molecule has 0 spiro atoms. The molecule has 0 saturated heterocycles. The zero-order valence-corrected chi connectivity index (χ0v) is 10.8. The van der Waals surface area contributed by atoms with Crippen LogP contribution in [0.5, 0.6) is 0 Å². The summed E-state index contributed by atoms with van der Waals surface area (Å²) in [4.78, 5) is 13.3. The van der Waals surface area contributed by atoms with Gasteiger partial charge in [-0.2, -0.15) is 0 Å². The van der Waals surface area contributed by atoms with Crippen molar-refractivity contribution in [3.63, 3.8) is 0 Å². The summed E-state index contributed by atoms with van der Waals surface area (Å²) in [5.41, 5.74) is 0.839. The Hall–Kier alpha value is -1.35. The summed E-state index contributed by atoms with van der Waals surface area (Å²) in [5, 5.41) is 9.34. The molecule has 3 heteroatoms. The van der Waals surface area contributed by atoms with E-state index in [1.54, 1.807) is 0 Å². The van der Waals surface area contributed by atoms with Crippen LogP contribution < -0.4 is 0 Å². The van der Waals surface area contributed by atoms with Gasteiger partial charge in [0.15, 0.2) is 0 Å². The monoisotopic (exact) mass is 235 g/mol. The molecule has 94 valence electrons. The van der Waals surface area contributed by atoms with Crippen molar-refractivity contribution >= 4 is 5.97 Å². The molecule has 1 aromatic carbocycles. The van der Waals surface area contributed by atoms with Crippen LogP contribution in [0.2, 0.25) is 0 Å². The molecule has 2 atom stereocenters. The van der Waals surface area contributed by atoms with Gasteiger partial charge >= 0.3 is 5.97 Å². The van der Waals surface area contributed by atoms with Crippen molar-refractivity contribution in [3.05, 3.63) is 35.9 Å². The van der Waals surface area contributed by atoms with E-state index < -0.39 is 12.0 Å². The molecule has 2 unspecified atom stereocenters. The molecule has 17 heavy (non-hydrogen) atoms. The first-order valence-corrected chi connectivity index (χ1v) is 6.04. The Labute approximate surface area is 103 Å². The maximum Gasteiger partial charge on any atom is 0.325 e. The summed E-state index contributed by atoms with van der Waals surface area (Å²) < 4.78 is 0. The minimum Gasteiger partial charge on any atom is -0.480 e. The van der Waals surface area contributed by atoms with Gasteiger partial charge in [-0.25, -0.2) is 0 Å². The number of carboxylic acids is 1. The SMILES string of the molecule is CCC(C)CN(C)C(C(=O)O)c1ccccc1. The molecule has 0 aromatic heterocycles. The third-order valence-electron chi connectivity index (χ3n) is 3.09. The van der Waals surface area contributed by atoms with E-state index in [1.165, 1.54) is 0 Å². The van der Waals surface area contributed by atoms with Gasteiger partial charge in [0.25, 0.3) is 0 Å². The van der Waals surface area contributed by atoms with E-state index in [1.807, 2.05) is 42.3 Å². The smallest absolute Gasteiger partial charge is 0.325 e. The third-order valence-corrected chi connectivity index (χ3v) is 3.09. The van der Waals surface area contributed by atoms with E-state index in [2.05, 4.69) is 13.8 Å². The Morgan fingerprint density at radius 3 is 2.41 bits per heavy atom. The fourth-order valence-corrected chi connectivity index (χ4v) is 1.95. The highest BCUT2D eigenvalue weighted by atomic mass is 16.4. The van der Waals surface area contributed by atoms with Gasteiger partial charge in [0.05, 0.1) is 0 Å². The number of rotatable bonds is 6.